The van der Waals surface area contributed by atoms with Gasteiger partial charge in [0.25, 0.3) is 6.43 Å². The molecule has 7 heteroatoms. The highest BCUT2D eigenvalue weighted by atomic mass is 19.3. The molecule has 1 N–H and O–H groups in total. The maximum atomic E-state index is 13.2. The van der Waals surface area contributed by atoms with Crippen molar-refractivity contribution in [3.63, 3.8) is 0 Å². The number of urea groups is 1. The van der Waals surface area contributed by atoms with Crippen molar-refractivity contribution in [3.8, 4) is 0 Å². The van der Waals surface area contributed by atoms with E-state index in [2.05, 4.69) is 10.3 Å². The van der Waals surface area contributed by atoms with E-state index >= 15 is 0 Å². The second-order valence-corrected chi connectivity index (χ2v) is 5.26. The predicted molar refractivity (Wildman–Crippen MR) is 73.1 cm³/mol. The Labute approximate surface area is 122 Å². The van der Waals surface area contributed by atoms with Crippen molar-refractivity contribution in [2.45, 2.75) is 31.4 Å². The highest BCUT2D eigenvalue weighted by Crippen LogP contribution is 2.27. The summed E-state index contributed by atoms with van der Waals surface area (Å²) in [5.41, 5.74) is -0.694. The molecule has 2 amide bonds. The number of alkyl halides is 2. The number of hydrogen-bond acceptors (Lipinski definition) is 3. The second-order valence-electron chi connectivity index (χ2n) is 5.26. The van der Waals surface area contributed by atoms with E-state index in [4.69, 9.17) is 4.74 Å². The number of ether oxygens (including phenoxy) is 1. The van der Waals surface area contributed by atoms with Crippen molar-refractivity contribution in [2.24, 2.45) is 0 Å². The molecule has 116 valence electrons. The summed E-state index contributed by atoms with van der Waals surface area (Å²) < 4.78 is 31.5. The van der Waals surface area contributed by atoms with Gasteiger partial charge in [0.15, 0.2) is 0 Å². The van der Waals surface area contributed by atoms with Crippen LogP contribution in [0.4, 0.5) is 13.6 Å². The van der Waals surface area contributed by atoms with Gasteiger partial charge < -0.3 is 15.0 Å². The molecule has 5 nitrogen and oxygen atoms in total. The van der Waals surface area contributed by atoms with Gasteiger partial charge >= 0.3 is 6.03 Å². The summed E-state index contributed by atoms with van der Waals surface area (Å²) in [4.78, 5) is 17.5. The fourth-order valence-corrected chi connectivity index (χ4v) is 2.25. The molecule has 1 fully saturated rings. The van der Waals surface area contributed by atoms with Crippen LogP contribution in [-0.2, 0) is 4.74 Å². The Morgan fingerprint density at radius 1 is 1.48 bits per heavy atom. The molecule has 21 heavy (non-hydrogen) atoms. The minimum atomic E-state index is -2.66. The van der Waals surface area contributed by atoms with Gasteiger partial charge in [0.1, 0.15) is 5.54 Å². The van der Waals surface area contributed by atoms with Gasteiger partial charge in [-0.05, 0) is 24.6 Å². The van der Waals surface area contributed by atoms with Gasteiger partial charge in [0.05, 0.1) is 12.6 Å². The maximum Gasteiger partial charge on any atom is 0.318 e. The van der Waals surface area contributed by atoms with E-state index in [0.29, 0.717) is 0 Å². The summed E-state index contributed by atoms with van der Waals surface area (Å²) in [6.45, 7) is 1.90. The molecule has 1 aromatic rings. The lowest BCUT2D eigenvalue weighted by Crippen LogP contribution is -2.57. The number of nitrogens with one attached hydrogen (secondary N) is 1. The first-order valence-electron chi connectivity index (χ1n) is 6.77. The topological polar surface area (TPSA) is 54.5 Å². The average molecular weight is 299 g/mol. The fraction of sp³-hybridized carbons (Fsp3) is 0.571. The van der Waals surface area contributed by atoms with Crippen LogP contribution in [0.5, 0.6) is 0 Å². The Kier molecular flexibility index (Phi) is 4.72. The zero-order valence-corrected chi connectivity index (χ0v) is 12.1. The lowest BCUT2D eigenvalue weighted by Gasteiger charge is -2.32. The third-order valence-electron chi connectivity index (χ3n) is 3.92. The summed E-state index contributed by atoms with van der Waals surface area (Å²) in [5, 5.41) is 2.44. The lowest BCUT2D eigenvalue weighted by molar-refractivity contribution is 0.0242. The minimum Gasteiger partial charge on any atom is -0.379 e. The van der Waals surface area contributed by atoms with Gasteiger partial charge in [-0.25, -0.2) is 13.6 Å². The van der Waals surface area contributed by atoms with Crippen LogP contribution in [0.2, 0.25) is 0 Å². The number of aromatic nitrogens is 1. The number of carbonyl (C=O) groups is 1. The monoisotopic (exact) mass is 299 g/mol. The molecule has 0 bridgehead atoms. The summed E-state index contributed by atoms with van der Waals surface area (Å²) >= 11 is 0. The lowest BCUT2D eigenvalue weighted by atomic mass is 10.00. The summed E-state index contributed by atoms with van der Waals surface area (Å²) in [6.07, 6.45) is 0.716. The number of halogens is 2. The van der Waals surface area contributed by atoms with Gasteiger partial charge in [0, 0.05) is 32.5 Å². The Morgan fingerprint density at radius 3 is 2.67 bits per heavy atom. The van der Waals surface area contributed by atoms with E-state index in [-0.39, 0.29) is 25.7 Å². The molecule has 1 aromatic heterocycles. The van der Waals surface area contributed by atoms with Crippen molar-refractivity contribution in [3.05, 3.63) is 30.1 Å². The SMILES string of the molecule is C[C@@H](c1ccncc1)N(C)C(=O)NC1(C(F)F)CCOC1. The Hall–Kier alpha value is -1.76. The summed E-state index contributed by atoms with van der Waals surface area (Å²) in [5.74, 6) is 0. The molecule has 0 saturated carbocycles. The number of amides is 2. The molecule has 1 saturated heterocycles. The van der Waals surface area contributed by atoms with Crippen LogP contribution in [0.15, 0.2) is 24.5 Å². The standard InChI is InChI=1S/C14H19F2N3O2/c1-10(11-3-6-17-7-4-11)19(2)13(20)18-14(12(15)16)5-8-21-9-14/h3-4,6-7,10,12H,5,8-9H2,1-2H3,(H,18,20)/t10-,14?/m0/s1. The molecule has 0 spiro atoms. The largest absolute Gasteiger partial charge is 0.379 e. The zero-order chi connectivity index (χ0) is 15.5. The van der Waals surface area contributed by atoms with E-state index in [1.807, 2.05) is 6.92 Å². The number of carbonyl (C=O) groups excluding carboxylic acids is 1. The van der Waals surface area contributed by atoms with Gasteiger partial charge in [-0.15, -0.1) is 0 Å². The van der Waals surface area contributed by atoms with Gasteiger partial charge in [-0.3, -0.25) is 4.98 Å². The first-order chi connectivity index (χ1) is 9.96. The average Bonchev–Trinajstić information content (AvgIpc) is 2.96. The molecule has 0 aliphatic carbocycles. The van der Waals surface area contributed by atoms with Crippen LogP contribution < -0.4 is 5.32 Å². The normalized spacial score (nSPS) is 23.1. The number of nitrogens with zero attached hydrogens (tertiary/aromatic N) is 2. The van der Waals surface area contributed by atoms with Crippen LogP contribution in [0.25, 0.3) is 0 Å². The predicted octanol–water partition coefficient (Wildman–Crippen LogP) is 2.21. The maximum absolute atomic E-state index is 13.2. The molecule has 1 unspecified atom stereocenters. The van der Waals surface area contributed by atoms with E-state index in [1.54, 1.807) is 31.6 Å². The van der Waals surface area contributed by atoms with Crippen LogP contribution >= 0.6 is 0 Å². The van der Waals surface area contributed by atoms with Crippen molar-refractivity contribution in [1.82, 2.24) is 15.2 Å². The quantitative estimate of drug-likeness (QED) is 0.927. The summed E-state index contributed by atoms with van der Waals surface area (Å²) in [6, 6.07) is 2.79. The minimum absolute atomic E-state index is 0.119. The summed E-state index contributed by atoms with van der Waals surface area (Å²) in [7, 11) is 1.58. The molecule has 0 radical (unpaired) electrons. The number of hydrogen-bond donors (Lipinski definition) is 1. The highest BCUT2D eigenvalue weighted by molar-refractivity contribution is 5.75. The third kappa shape index (κ3) is 3.29. The first kappa shape index (κ1) is 15.6. The number of pyridine rings is 1. The van der Waals surface area contributed by atoms with Gasteiger partial charge in [-0.1, -0.05) is 0 Å². The van der Waals surface area contributed by atoms with E-state index < -0.39 is 18.0 Å². The Morgan fingerprint density at radius 2 is 2.14 bits per heavy atom. The smallest absolute Gasteiger partial charge is 0.318 e. The molecule has 2 heterocycles. The van der Waals surface area contributed by atoms with Crippen molar-refractivity contribution >= 4 is 6.03 Å². The first-order valence-corrected chi connectivity index (χ1v) is 6.77. The molecular formula is C14H19F2N3O2. The van der Waals surface area contributed by atoms with E-state index in [0.717, 1.165) is 5.56 Å². The van der Waals surface area contributed by atoms with Crippen molar-refractivity contribution in [1.29, 1.82) is 0 Å². The van der Waals surface area contributed by atoms with Crippen molar-refractivity contribution < 1.29 is 18.3 Å². The van der Waals surface area contributed by atoms with Gasteiger partial charge in [0.2, 0.25) is 0 Å². The number of rotatable bonds is 4. The molecule has 2 atom stereocenters. The van der Waals surface area contributed by atoms with Gasteiger partial charge in [-0.2, -0.15) is 0 Å². The van der Waals surface area contributed by atoms with Crippen molar-refractivity contribution in [2.75, 3.05) is 20.3 Å². The van der Waals surface area contributed by atoms with E-state index in [1.165, 1.54) is 4.90 Å². The molecular weight excluding hydrogens is 280 g/mol. The fourth-order valence-electron chi connectivity index (χ4n) is 2.25. The van der Waals surface area contributed by atoms with Crippen LogP contribution in [0.1, 0.15) is 24.9 Å². The van der Waals surface area contributed by atoms with Crippen LogP contribution in [-0.4, -0.2) is 48.1 Å². The zero-order valence-electron chi connectivity index (χ0n) is 12.1. The highest BCUT2D eigenvalue weighted by Gasteiger charge is 2.45. The third-order valence-corrected chi connectivity index (χ3v) is 3.92. The molecule has 0 aromatic carbocycles. The van der Waals surface area contributed by atoms with Crippen LogP contribution in [0, 0.1) is 0 Å². The van der Waals surface area contributed by atoms with E-state index in [9.17, 15) is 13.6 Å². The second kappa shape index (κ2) is 6.34. The Balaban J connectivity index is 2.05. The van der Waals surface area contributed by atoms with Crippen LogP contribution in [0.3, 0.4) is 0 Å². The Bertz CT molecular complexity index is 478. The molecule has 2 rings (SSSR count). The molecule has 1 aliphatic heterocycles. The molecule has 1 aliphatic rings.